The first-order valence-corrected chi connectivity index (χ1v) is 10.0. The predicted octanol–water partition coefficient (Wildman–Crippen LogP) is 4.24. The van der Waals surface area contributed by atoms with E-state index in [0.29, 0.717) is 10.8 Å². The minimum Gasteiger partial charge on any atom is -0.386 e. The molecule has 0 saturated carbocycles. The van der Waals surface area contributed by atoms with Gasteiger partial charge in [-0.05, 0) is 34.4 Å². The number of carbonyl (C=O) groups excluding carboxylic acids is 2. The average Bonchev–Trinajstić information content (AvgIpc) is 2.71. The summed E-state index contributed by atoms with van der Waals surface area (Å²) in [4.78, 5) is 25.0. The summed E-state index contributed by atoms with van der Waals surface area (Å²) in [5.41, 5.74) is 0.0796. The molecule has 0 unspecified atom stereocenters. The molecule has 0 amide bonds. The monoisotopic (exact) mass is 406 g/mol. The van der Waals surface area contributed by atoms with Crippen molar-refractivity contribution in [1.29, 1.82) is 0 Å². The van der Waals surface area contributed by atoms with E-state index in [2.05, 4.69) is 0 Å². The molecule has 0 fully saturated rings. The normalized spacial score (nSPS) is 11.5. The summed E-state index contributed by atoms with van der Waals surface area (Å²) in [5, 5.41) is 1.85. The van der Waals surface area contributed by atoms with Crippen molar-refractivity contribution in [3.63, 3.8) is 0 Å². The third-order valence-corrected chi connectivity index (χ3v) is 5.46. The zero-order chi connectivity index (χ0) is 20.6. The van der Waals surface area contributed by atoms with Crippen molar-refractivity contribution in [2.24, 2.45) is 0 Å². The van der Waals surface area contributed by atoms with Crippen molar-refractivity contribution in [3.05, 3.63) is 90.0 Å². The molecule has 0 aliphatic rings. The lowest BCUT2D eigenvalue weighted by Crippen LogP contribution is -2.14. The lowest BCUT2D eigenvalue weighted by Gasteiger charge is -2.10. The van der Waals surface area contributed by atoms with Gasteiger partial charge in [0.15, 0.2) is 0 Å². The minimum atomic E-state index is -4.59. The molecule has 0 atom stereocenters. The number of esters is 2. The standard InChI is InChI=1S/C22H14O6S/c23-21(17-11-3-7-14-6-1-2-10-16(14)17)28-22(24)18-12-4-8-15-9-5-13-19(20(15)18)29(25,26)27/h1-13H,(H,25,26,27). The van der Waals surface area contributed by atoms with E-state index in [1.54, 1.807) is 36.4 Å². The van der Waals surface area contributed by atoms with E-state index in [-0.39, 0.29) is 16.5 Å². The highest BCUT2D eigenvalue weighted by Gasteiger charge is 2.23. The van der Waals surface area contributed by atoms with Crippen molar-refractivity contribution in [3.8, 4) is 0 Å². The van der Waals surface area contributed by atoms with Gasteiger partial charge in [-0.25, -0.2) is 9.59 Å². The maximum absolute atomic E-state index is 12.7. The summed E-state index contributed by atoms with van der Waals surface area (Å²) in [5.74, 6) is -1.86. The lowest BCUT2D eigenvalue weighted by molar-refractivity contribution is 0.0400. The Labute approximate surface area is 166 Å². The summed E-state index contributed by atoms with van der Waals surface area (Å²) in [6, 6.07) is 20.9. The SMILES string of the molecule is O=C(OC(=O)c1cccc2cccc(S(=O)(=O)O)c12)c1cccc2ccccc12. The first-order chi connectivity index (χ1) is 13.9. The number of ether oxygens (including phenoxy) is 1. The Morgan fingerprint density at radius 2 is 1.24 bits per heavy atom. The Bertz CT molecular complexity index is 1380. The summed E-state index contributed by atoms with van der Waals surface area (Å²) < 4.78 is 38.1. The fraction of sp³-hybridized carbons (Fsp3) is 0. The van der Waals surface area contributed by atoms with Crippen LogP contribution in [-0.2, 0) is 14.9 Å². The van der Waals surface area contributed by atoms with E-state index < -0.39 is 27.0 Å². The Balaban J connectivity index is 1.78. The molecule has 0 aromatic heterocycles. The number of hydrogen-bond acceptors (Lipinski definition) is 5. The fourth-order valence-corrected chi connectivity index (χ4v) is 4.03. The molecular weight excluding hydrogens is 392 g/mol. The van der Waals surface area contributed by atoms with Crippen molar-refractivity contribution in [2.45, 2.75) is 4.90 Å². The van der Waals surface area contributed by atoms with Crippen LogP contribution in [-0.4, -0.2) is 24.9 Å². The Kier molecular flexibility index (Phi) is 4.62. The molecule has 0 bridgehead atoms. The Morgan fingerprint density at radius 1 is 0.690 bits per heavy atom. The van der Waals surface area contributed by atoms with E-state index in [9.17, 15) is 22.6 Å². The van der Waals surface area contributed by atoms with Gasteiger partial charge in [0.1, 0.15) is 4.90 Å². The zero-order valence-electron chi connectivity index (χ0n) is 14.9. The maximum Gasteiger partial charge on any atom is 0.346 e. The molecule has 0 saturated heterocycles. The molecule has 4 aromatic carbocycles. The maximum atomic E-state index is 12.7. The smallest absolute Gasteiger partial charge is 0.346 e. The lowest BCUT2D eigenvalue weighted by atomic mass is 10.0. The quantitative estimate of drug-likeness (QED) is 0.311. The zero-order valence-corrected chi connectivity index (χ0v) is 15.7. The van der Waals surface area contributed by atoms with Crippen LogP contribution >= 0.6 is 0 Å². The summed E-state index contributed by atoms with van der Waals surface area (Å²) in [7, 11) is -4.59. The van der Waals surface area contributed by atoms with Crippen LogP contribution in [0.4, 0.5) is 0 Å². The second-order valence-electron chi connectivity index (χ2n) is 6.34. The minimum absolute atomic E-state index is 0.00628. The number of carbonyl (C=O) groups is 2. The van der Waals surface area contributed by atoms with E-state index in [4.69, 9.17) is 4.74 Å². The van der Waals surface area contributed by atoms with Crippen LogP contribution in [0, 0.1) is 0 Å². The van der Waals surface area contributed by atoms with E-state index in [1.165, 1.54) is 24.3 Å². The first-order valence-electron chi connectivity index (χ1n) is 8.60. The van der Waals surface area contributed by atoms with Crippen LogP contribution in [0.1, 0.15) is 20.7 Å². The number of benzene rings is 4. The summed E-state index contributed by atoms with van der Waals surface area (Å²) in [6.07, 6.45) is 0. The highest BCUT2D eigenvalue weighted by atomic mass is 32.2. The van der Waals surface area contributed by atoms with E-state index in [0.717, 1.165) is 5.39 Å². The van der Waals surface area contributed by atoms with Crippen molar-refractivity contribution < 1.29 is 27.3 Å². The molecule has 29 heavy (non-hydrogen) atoms. The molecule has 0 radical (unpaired) electrons. The van der Waals surface area contributed by atoms with Gasteiger partial charge in [0.25, 0.3) is 10.1 Å². The highest BCUT2D eigenvalue weighted by Crippen LogP contribution is 2.28. The molecule has 0 aliphatic heterocycles. The largest absolute Gasteiger partial charge is 0.386 e. The molecule has 6 nitrogen and oxygen atoms in total. The van der Waals surface area contributed by atoms with Gasteiger partial charge in [0, 0.05) is 5.39 Å². The molecule has 7 heteroatoms. The van der Waals surface area contributed by atoms with Crippen LogP contribution in [0.3, 0.4) is 0 Å². The van der Waals surface area contributed by atoms with Gasteiger partial charge in [-0.1, -0.05) is 60.7 Å². The topological polar surface area (TPSA) is 97.7 Å². The predicted molar refractivity (Wildman–Crippen MR) is 107 cm³/mol. The number of hydrogen-bond donors (Lipinski definition) is 1. The summed E-state index contributed by atoms with van der Waals surface area (Å²) >= 11 is 0. The van der Waals surface area contributed by atoms with Crippen LogP contribution in [0.25, 0.3) is 21.5 Å². The van der Waals surface area contributed by atoms with Gasteiger partial charge in [-0.2, -0.15) is 8.42 Å². The number of rotatable bonds is 3. The van der Waals surface area contributed by atoms with Gasteiger partial charge < -0.3 is 4.74 Å². The van der Waals surface area contributed by atoms with Gasteiger partial charge in [-0.15, -0.1) is 0 Å². The molecule has 1 N–H and O–H groups in total. The average molecular weight is 406 g/mol. The molecule has 0 heterocycles. The van der Waals surface area contributed by atoms with Crippen LogP contribution in [0.15, 0.2) is 83.8 Å². The van der Waals surface area contributed by atoms with Crippen LogP contribution in [0.2, 0.25) is 0 Å². The molecule has 0 spiro atoms. The molecule has 144 valence electrons. The third-order valence-electron chi connectivity index (χ3n) is 4.56. The van der Waals surface area contributed by atoms with Crippen molar-refractivity contribution >= 4 is 43.6 Å². The highest BCUT2D eigenvalue weighted by molar-refractivity contribution is 7.86. The Morgan fingerprint density at radius 3 is 1.97 bits per heavy atom. The molecule has 4 aromatic rings. The van der Waals surface area contributed by atoms with Gasteiger partial charge >= 0.3 is 11.9 Å². The summed E-state index contributed by atoms with van der Waals surface area (Å²) in [6.45, 7) is 0. The van der Waals surface area contributed by atoms with Crippen molar-refractivity contribution in [1.82, 2.24) is 0 Å². The first kappa shape index (κ1) is 18.8. The third kappa shape index (κ3) is 3.49. The van der Waals surface area contributed by atoms with Crippen LogP contribution < -0.4 is 0 Å². The fourth-order valence-electron chi connectivity index (χ4n) is 3.29. The van der Waals surface area contributed by atoms with Crippen LogP contribution in [0.5, 0.6) is 0 Å². The molecular formula is C22H14O6S. The Hall–Kier alpha value is -3.55. The van der Waals surface area contributed by atoms with E-state index >= 15 is 0 Å². The van der Waals surface area contributed by atoms with Crippen molar-refractivity contribution in [2.75, 3.05) is 0 Å². The molecule has 4 rings (SSSR count). The number of fused-ring (bicyclic) bond motifs is 2. The second-order valence-corrected chi connectivity index (χ2v) is 7.73. The van der Waals surface area contributed by atoms with E-state index in [1.807, 2.05) is 18.2 Å². The van der Waals surface area contributed by atoms with Gasteiger partial charge in [0.05, 0.1) is 11.1 Å². The molecule has 0 aliphatic carbocycles. The van der Waals surface area contributed by atoms with Gasteiger partial charge in [-0.3, -0.25) is 4.55 Å². The second kappa shape index (κ2) is 7.12. The van der Waals surface area contributed by atoms with Gasteiger partial charge in [0.2, 0.25) is 0 Å².